The molecule has 5 heavy (non-hydrogen) atoms. The van der Waals surface area contributed by atoms with E-state index in [4.69, 9.17) is 11.1 Å². The van der Waals surface area contributed by atoms with Crippen LogP contribution in [0.4, 0.5) is 0 Å². The Labute approximate surface area is 42.5 Å². The molecular weight excluding hydrogens is 137 g/mol. The minimum atomic E-state index is -1.31. The van der Waals surface area contributed by atoms with Gasteiger partial charge in [0.2, 0.25) is 0 Å². The quantitative estimate of drug-likeness (QED) is 0.275. The van der Waals surface area contributed by atoms with Crippen molar-refractivity contribution in [2.24, 2.45) is 0 Å². The van der Waals surface area contributed by atoms with Crippen LogP contribution in [-0.4, -0.2) is 6.72 Å². The minimum absolute atomic E-state index is 1.31. The van der Waals surface area contributed by atoms with Crippen LogP contribution >= 0.6 is 28.7 Å². The lowest BCUT2D eigenvalue weighted by atomic mass is 11.9. The molecule has 0 aliphatic heterocycles. The first-order valence-electron chi connectivity index (χ1n) is 1.27. The van der Waals surface area contributed by atoms with Gasteiger partial charge < -0.3 is 0 Å². The van der Waals surface area contributed by atoms with Gasteiger partial charge >= 0.3 is 0 Å². The van der Waals surface area contributed by atoms with E-state index in [2.05, 4.69) is 17.6 Å². The van der Waals surface area contributed by atoms with Crippen LogP contribution in [0.3, 0.4) is 0 Å². The zero-order valence-corrected chi connectivity index (χ0v) is 7.10. The summed E-state index contributed by atoms with van der Waals surface area (Å²) in [6, 6.07) is 0. The molecule has 0 aliphatic carbocycles. The van der Waals surface area contributed by atoms with Gasteiger partial charge in [-0.25, -0.2) is 0 Å². The lowest BCUT2D eigenvalue weighted by Crippen LogP contribution is -1.94. The minimum Gasteiger partial charge on any atom is -0.156 e. The Bertz CT molecular complexity index is 25.1. The van der Waals surface area contributed by atoms with E-state index in [0.29, 0.717) is 0 Å². The van der Waals surface area contributed by atoms with Crippen molar-refractivity contribution < 1.29 is 0 Å². The van der Waals surface area contributed by atoms with Crippen LogP contribution in [0.2, 0.25) is 6.55 Å². The van der Waals surface area contributed by atoms with Crippen LogP contribution in [0, 0.1) is 0 Å². The Morgan fingerprint density at radius 3 is 1.60 bits per heavy atom. The summed E-state index contributed by atoms with van der Waals surface area (Å²) in [7, 11) is 5.17. The predicted octanol–water partition coefficient (Wildman–Crippen LogP) is 1.54. The van der Waals surface area contributed by atoms with Gasteiger partial charge in [-0.3, -0.25) is 0 Å². The summed E-state index contributed by atoms with van der Waals surface area (Å²) >= 11 is 5.59. The van der Waals surface area contributed by atoms with Crippen molar-refractivity contribution in [2.75, 3.05) is 0 Å². The fraction of sp³-hybridized carbons (Fsp3) is 1.00. The molecule has 0 rings (SSSR count). The van der Waals surface area contributed by atoms with Gasteiger partial charge in [-0.1, -0.05) is 0 Å². The van der Waals surface area contributed by atoms with E-state index in [9.17, 15) is 0 Å². The highest BCUT2D eigenvalue weighted by Crippen LogP contribution is 2.23. The van der Waals surface area contributed by atoms with Crippen LogP contribution in [0.25, 0.3) is 0 Å². The maximum absolute atomic E-state index is 5.59. The van der Waals surface area contributed by atoms with Crippen LogP contribution in [0.15, 0.2) is 0 Å². The van der Waals surface area contributed by atoms with Gasteiger partial charge in [0, 0.05) is 0 Å². The van der Waals surface area contributed by atoms with Crippen LogP contribution < -0.4 is 0 Å². The average molecular weight is 145 g/mol. The molecule has 32 valence electrons. The van der Waals surface area contributed by atoms with Crippen molar-refractivity contribution in [1.29, 1.82) is 0 Å². The second kappa shape index (κ2) is 1.89. The molecule has 0 amide bonds. The zero-order chi connectivity index (χ0) is 4.50. The monoisotopic (exact) mass is 144 g/mol. The van der Waals surface area contributed by atoms with Gasteiger partial charge in [0.05, 0.1) is 0 Å². The summed E-state index contributed by atoms with van der Waals surface area (Å²) in [5.74, 6) is 0. The highest BCUT2D eigenvalue weighted by atomic mass is 35.6. The van der Waals surface area contributed by atoms with E-state index in [1.807, 2.05) is 6.55 Å². The summed E-state index contributed by atoms with van der Waals surface area (Å²) in [5.41, 5.74) is 0. The molecule has 0 aromatic carbocycles. The highest BCUT2D eigenvalue weighted by molar-refractivity contribution is 8.09. The first kappa shape index (κ1) is 6.37. The normalized spacial score (nSPS) is 12.0. The van der Waals surface area contributed by atoms with Crippen LogP contribution in [0.5, 0.6) is 0 Å². The van der Waals surface area contributed by atoms with Crippen molar-refractivity contribution in [2.45, 2.75) is 6.55 Å². The summed E-state index contributed by atoms with van der Waals surface area (Å²) in [6.45, 7) is 0.712. The SMILES string of the molecule is C[Si](P)(P)Cl. The molecule has 0 spiro atoms. The summed E-state index contributed by atoms with van der Waals surface area (Å²) in [5, 5.41) is 0. The van der Waals surface area contributed by atoms with Crippen molar-refractivity contribution in [3.05, 3.63) is 0 Å². The Morgan fingerprint density at radius 2 is 1.60 bits per heavy atom. The lowest BCUT2D eigenvalue weighted by Gasteiger charge is -1.97. The van der Waals surface area contributed by atoms with Gasteiger partial charge in [0.25, 0.3) is 0 Å². The molecule has 0 saturated carbocycles. The Hall–Kier alpha value is 1.37. The average Bonchev–Trinajstić information content (AvgIpc) is 0.722. The first-order chi connectivity index (χ1) is 2.00. The van der Waals surface area contributed by atoms with Gasteiger partial charge in [0.15, 0.2) is 6.72 Å². The van der Waals surface area contributed by atoms with E-state index in [0.717, 1.165) is 0 Å². The van der Waals surface area contributed by atoms with Crippen molar-refractivity contribution in [3.63, 3.8) is 0 Å². The van der Waals surface area contributed by atoms with Crippen molar-refractivity contribution in [1.82, 2.24) is 0 Å². The van der Waals surface area contributed by atoms with Gasteiger partial charge in [-0.05, 0) is 6.55 Å². The third-order valence-electron chi connectivity index (χ3n) is 0. The van der Waals surface area contributed by atoms with E-state index in [-0.39, 0.29) is 0 Å². The summed E-state index contributed by atoms with van der Waals surface area (Å²) < 4.78 is 0. The largest absolute Gasteiger partial charge is 0.191 e. The van der Waals surface area contributed by atoms with Gasteiger partial charge in [-0.2, -0.15) is 11.1 Å². The molecule has 0 aromatic rings. The van der Waals surface area contributed by atoms with E-state index in [1.54, 1.807) is 0 Å². The topological polar surface area (TPSA) is 0 Å². The molecule has 0 heterocycles. The molecule has 0 aromatic heterocycles. The standard InChI is InChI=1S/CH7ClP2Si/c1-5(2,3)4/h3-4H2,1H3. The molecule has 0 nitrogen and oxygen atoms in total. The maximum Gasteiger partial charge on any atom is 0.191 e. The summed E-state index contributed by atoms with van der Waals surface area (Å²) in [6.07, 6.45) is 0. The number of halogens is 1. The van der Waals surface area contributed by atoms with Crippen LogP contribution in [-0.2, 0) is 0 Å². The van der Waals surface area contributed by atoms with Crippen LogP contribution in [0.1, 0.15) is 0 Å². The number of rotatable bonds is 0. The van der Waals surface area contributed by atoms with Crippen molar-refractivity contribution >= 4 is 35.4 Å². The fourth-order valence-corrected chi connectivity index (χ4v) is 0. The Kier molecular flexibility index (Phi) is 2.40. The highest BCUT2D eigenvalue weighted by Gasteiger charge is 2.05. The molecular formula is CH7ClP2Si. The molecule has 0 aliphatic rings. The summed E-state index contributed by atoms with van der Waals surface area (Å²) in [4.78, 5) is 0. The number of hydrogen-bond donors (Lipinski definition) is 0. The van der Waals surface area contributed by atoms with Gasteiger partial charge in [0.1, 0.15) is 0 Å². The van der Waals surface area contributed by atoms with Crippen molar-refractivity contribution in [3.8, 4) is 0 Å². The lowest BCUT2D eigenvalue weighted by molar-refractivity contribution is 2.32. The molecule has 4 heteroatoms. The molecule has 2 unspecified atom stereocenters. The second-order valence-electron chi connectivity index (χ2n) is 1.15. The number of hydrogen-bond acceptors (Lipinski definition) is 0. The molecule has 0 radical (unpaired) electrons. The molecule has 0 N–H and O–H groups in total. The Balaban J connectivity index is 3.02. The molecule has 0 saturated heterocycles. The van der Waals surface area contributed by atoms with E-state index < -0.39 is 6.72 Å². The predicted molar refractivity (Wildman–Crippen MR) is 36.9 cm³/mol. The third-order valence-corrected chi connectivity index (χ3v) is 0. The maximum atomic E-state index is 5.59. The molecule has 0 fully saturated rings. The third kappa shape index (κ3) is 32.6. The Morgan fingerprint density at radius 1 is 1.60 bits per heavy atom. The smallest absolute Gasteiger partial charge is 0.156 e. The van der Waals surface area contributed by atoms with E-state index in [1.165, 1.54) is 0 Å². The molecule has 0 bridgehead atoms. The zero-order valence-electron chi connectivity index (χ0n) is 3.03. The fourth-order valence-electron chi connectivity index (χ4n) is 0. The van der Waals surface area contributed by atoms with E-state index >= 15 is 0 Å². The van der Waals surface area contributed by atoms with Gasteiger partial charge in [-0.15, -0.1) is 17.6 Å². The second-order valence-corrected chi connectivity index (χ2v) is 17.3. The molecule has 2 atom stereocenters. The first-order valence-corrected chi connectivity index (χ1v) is 8.40.